The zero-order valence-corrected chi connectivity index (χ0v) is 16.9. The van der Waals surface area contributed by atoms with E-state index < -0.39 is 0 Å². The van der Waals surface area contributed by atoms with Crippen molar-refractivity contribution >= 4 is 34.3 Å². The van der Waals surface area contributed by atoms with Gasteiger partial charge in [0.15, 0.2) is 0 Å². The van der Waals surface area contributed by atoms with Gasteiger partial charge in [-0.2, -0.15) is 5.10 Å². The third kappa shape index (κ3) is 4.67. The van der Waals surface area contributed by atoms with Crippen LogP contribution in [0.15, 0.2) is 99.6 Å². The summed E-state index contributed by atoms with van der Waals surface area (Å²) in [6, 6.07) is 24.9. The van der Waals surface area contributed by atoms with Crippen LogP contribution >= 0.6 is 15.9 Å². The highest BCUT2D eigenvalue weighted by molar-refractivity contribution is 9.10. The summed E-state index contributed by atoms with van der Waals surface area (Å²) in [5, 5.41) is 14.6. The van der Waals surface area contributed by atoms with E-state index >= 15 is 0 Å². The highest BCUT2D eigenvalue weighted by Crippen LogP contribution is 2.24. The van der Waals surface area contributed by atoms with Gasteiger partial charge < -0.3 is 5.11 Å². The maximum Gasteiger partial charge on any atom is 0.251 e. The number of nitrogens with zero attached hydrogens (tertiary/aromatic N) is 4. The van der Waals surface area contributed by atoms with Crippen molar-refractivity contribution in [3.63, 3.8) is 0 Å². The minimum absolute atomic E-state index is 0.145. The lowest BCUT2D eigenvalue weighted by atomic mass is 10.2. The molecule has 0 aliphatic heterocycles. The van der Waals surface area contributed by atoms with E-state index in [0.29, 0.717) is 11.5 Å². The molecule has 0 unspecified atom stereocenters. The van der Waals surface area contributed by atoms with Crippen molar-refractivity contribution in [3.8, 4) is 17.0 Å². The summed E-state index contributed by atoms with van der Waals surface area (Å²) in [5.74, 6) is 0.557. The molecule has 6 heteroatoms. The molecule has 29 heavy (non-hydrogen) atoms. The summed E-state index contributed by atoms with van der Waals surface area (Å²) < 4.78 is 2.48. The van der Waals surface area contributed by atoms with Gasteiger partial charge in [0.2, 0.25) is 0 Å². The predicted molar refractivity (Wildman–Crippen MR) is 120 cm³/mol. The molecule has 4 aromatic rings. The number of benzene rings is 3. The van der Waals surface area contributed by atoms with Crippen LogP contribution in [0.4, 0.5) is 5.95 Å². The molecule has 142 valence electrons. The van der Waals surface area contributed by atoms with Crippen LogP contribution in [0.1, 0.15) is 11.1 Å². The molecule has 0 aliphatic rings. The number of phenolic OH excluding ortho intramolecular Hbond substituents is 1. The lowest BCUT2D eigenvalue weighted by Gasteiger charge is -1.99. The summed E-state index contributed by atoms with van der Waals surface area (Å²) in [5.41, 5.74) is 3.30. The van der Waals surface area contributed by atoms with Gasteiger partial charge in [-0.05, 0) is 23.8 Å². The summed E-state index contributed by atoms with van der Waals surface area (Å²) in [6.45, 7) is 0. The Bertz CT molecular complexity index is 1170. The number of rotatable bonds is 5. The Balaban J connectivity index is 1.72. The molecule has 5 nitrogen and oxygen atoms in total. The normalized spacial score (nSPS) is 11.5. The molecule has 1 N–H and O–H groups in total. The fourth-order valence-electron chi connectivity index (χ4n) is 2.71. The van der Waals surface area contributed by atoms with E-state index in [0.717, 1.165) is 21.3 Å². The molecule has 1 aromatic heterocycles. The van der Waals surface area contributed by atoms with Crippen molar-refractivity contribution in [2.24, 2.45) is 10.1 Å². The number of phenols is 1. The average Bonchev–Trinajstić information content (AvgIpc) is 3.17. The second kappa shape index (κ2) is 8.67. The average molecular weight is 445 g/mol. The first kappa shape index (κ1) is 18.8. The Labute approximate surface area is 176 Å². The molecule has 0 saturated heterocycles. The van der Waals surface area contributed by atoms with Crippen LogP contribution in [-0.2, 0) is 0 Å². The topological polar surface area (TPSA) is 62.8 Å². The highest BCUT2D eigenvalue weighted by atomic mass is 79.9. The smallest absolute Gasteiger partial charge is 0.251 e. The Morgan fingerprint density at radius 3 is 2.38 bits per heavy atom. The molecule has 0 bridgehead atoms. The Kier molecular flexibility index (Phi) is 5.63. The van der Waals surface area contributed by atoms with Crippen molar-refractivity contribution < 1.29 is 5.11 Å². The molecule has 0 amide bonds. The Hall–Kier alpha value is -3.51. The minimum Gasteiger partial charge on any atom is -0.507 e. The van der Waals surface area contributed by atoms with Crippen LogP contribution in [-0.4, -0.2) is 27.2 Å². The van der Waals surface area contributed by atoms with Crippen molar-refractivity contribution in [2.45, 2.75) is 0 Å². The Morgan fingerprint density at radius 2 is 1.62 bits per heavy atom. The van der Waals surface area contributed by atoms with Gasteiger partial charge in [0.25, 0.3) is 5.95 Å². The van der Waals surface area contributed by atoms with Crippen molar-refractivity contribution in [2.75, 3.05) is 0 Å². The zero-order chi connectivity index (χ0) is 20.1. The van der Waals surface area contributed by atoms with E-state index in [1.165, 1.54) is 0 Å². The number of imidazole rings is 1. The first-order chi connectivity index (χ1) is 14.2. The van der Waals surface area contributed by atoms with Crippen molar-refractivity contribution in [3.05, 3.63) is 101 Å². The molecule has 0 radical (unpaired) electrons. The van der Waals surface area contributed by atoms with Gasteiger partial charge in [-0.15, -0.1) is 0 Å². The fraction of sp³-hybridized carbons (Fsp3) is 0. The SMILES string of the molecule is Oc1ccc(Br)cc1C=Nc1nc(-c2ccccc2)cn1N=Cc1ccccc1. The summed E-state index contributed by atoms with van der Waals surface area (Å²) in [7, 11) is 0. The molecule has 0 fully saturated rings. The molecular weight excluding hydrogens is 428 g/mol. The number of halogens is 1. The number of aromatic hydroxyl groups is 1. The lowest BCUT2D eigenvalue weighted by Crippen LogP contribution is -1.90. The van der Waals surface area contributed by atoms with Gasteiger partial charge in [0.05, 0.1) is 18.1 Å². The lowest BCUT2D eigenvalue weighted by molar-refractivity contribution is 0.474. The maximum absolute atomic E-state index is 10.0. The van der Waals surface area contributed by atoms with Crippen LogP contribution in [0.2, 0.25) is 0 Å². The molecule has 4 rings (SSSR count). The zero-order valence-electron chi connectivity index (χ0n) is 15.4. The van der Waals surface area contributed by atoms with Gasteiger partial charge in [-0.25, -0.2) is 14.7 Å². The van der Waals surface area contributed by atoms with E-state index in [-0.39, 0.29) is 5.75 Å². The molecular formula is C23H17BrN4O. The van der Waals surface area contributed by atoms with Gasteiger partial charge in [-0.1, -0.05) is 76.6 Å². The Morgan fingerprint density at radius 1 is 0.897 bits per heavy atom. The van der Waals surface area contributed by atoms with Gasteiger partial charge in [0, 0.05) is 21.8 Å². The monoisotopic (exact) mass is 444 g/mol. The van der Waals surface area contributed by atoms with E-state index in [9.17, 15) is 5.11 Å². The van der Waals surface area contributed by atoms with Gasteiger partial charge >= 0.3 is 0 Å². The summed E-state index contributed by atoms with van der Waals surface area (Å²) in [6.07, 6.45) is 5.17. The van der Waals surface area contributed by atoms with E-state index in [2.05, 4.69) is 31.0 Å². The highest BCUT2D eigenvalue weighted by Gasteiger charge is 2.08. The van der Waals surface area contributed by atoms with Gasteiger partial charge in [-0.3, -0.25) is 0 Å². The molecule has 1 heterocycles. The molecule has 0 atom stereocenters. The van der Waals surface area contributed by atoms with Crippen molar-refractivity contribution in [1.82, 2.24) is 9.66 Å². The molecule has 0 aliphatic carbocycles. The van der Waals surface area contributed by atoms with Crippen LogP contribution in [0.25, 0.3) is 11.3 Å². The predicted octanol–water partition coefficient (Wildman–Crippen LogP) is 5.65. The number of hydrogen-bond donors (Lipinski definition) is 1. The quantitative estimate of drug-likeness (QED) is 0.404. The van der Waals surface area contributed by atoms with Crippen LogP contribution in [0.3, 0.4) is 0 Å². The van der Waals surface area contributed by atoms with E-state index in [4.69, 9.17) is 0 Å². The first-order valence-electron chi connectivity index (χ1n) is 8.96. The molecule has 0 saturated carbocycles. The standard InChI is InChI=1S/C23H17BrN4O/c24-20-11-12-22(29)19(13-20)15-25-23-27-21(18-9-5-2-6-10-18)16-28(23)26-14-17-7-3-1-4-8-17/h1-16,29H. The maximum atomic E-state index is 10.0. The second-order valence-corrected chi connectivity index (χ2v) is 7.17. The third-order valence-electron chi connectivity index (χ3n) is 4.18. The largest absolute Gasteiger partial charge is 0.507 e. The first-order valence-corrected chi connectivity index (χ1v) is 9.75. The van der Waals surface area contributed by atoms with Crippen molar-refractivity contribution in [1.29, 1.82) is 0 Å². The number of aromatic nitrogens is 2. The summed E-state index contributed by atoms with van der Waals surface area (Å²) in [4.78, 5) is 9.09. The third-order valence-corrected chi connectivity index (χ3v) is 4.67. The van der Waals surface area contributed by atoms with E-state index in [1.54, 1.807) is 35.3 Å². The second-order valence-electron chi connectivity index (χ2n) is 6.25. The number of hydrogen-bond acceptors (Lipinski definition) is 4. The van der Waals surface area contributed by atoms with E-state index in [1.807, 2.05) is 66.9 Å². The van der Waals surface area contributed by atoms with Crippen LogP contribution < -0.4 is 0 Å². The number of aliphatic imine (C=N–C) groups is 1. The molecule has 3 aromatic carbocycles. The molecule has 0 spiro atoms. The van der Waals surface area contributed by atoms with Gasteiger partial charge in [0.1, 0.15) is 5.75 Å². The summed E-state index contributed by atoms with van der Waals surface area (Å²) >= 11 is 3.41. The van der Waals surface area contributed by atoms with Crippen LogP contribution in [0.5, 0.6) is 5.75 Å². The van der Waals surface area contributed by atoms with Crippen LogP contribution in [0, 0.1) is 0 Å². The fourth-order valence-corrected chi connectivity index (χ4v) is 3.09. The minimum atomic E-state index is 0.145.